The number of hydrogen-bond acceptors (Lipinski definition) is 2. The normalized spacial score (nSPS) is 14.4. The van der Waals surface area contributed by atoms with E-state index in [2.05, 4.69) is 11.4 Å². The molecular formula is C22H26FNO2. The molecule has 3 rings (SSSR count). The molecule has 0 radical (unpaired) electrons. The van der Waals surface area contributed by atoms with Gasteiger partial charge in [-0.05, 0) is 80.3 Å². The van der Waals surface area contributed by atoms with Gasteiger partial charge in [-0.25, -0.2) is 4.39 Å². The molecule has 1 atom stereocenters. The summed E-state index contributed by atoms with van der Waals surface area (Å²) >= 11 is 0. The number of nitrogens with one attached hydrogen (secondary N) is 1. The molecule has 2 aromatic carbocycles. The topological polar surface area (TPSA) is 38.3 Å². The predicted octanol–water partition coefficient (Wildman–Crippen LogP) is 4.22. The van der Waals surface area contributed by atoms with E-state index in [9.17, 15) is 9.18 Å². The first-order valence-corrected chi connectivity index (χ1v) is 9.43. The van der Waals surface area contributed by atoms with Crippen LogP contribution in [0.5, 0.6) is 5.75 Å². The van der Waals surface area contributed by atoms with E-state index < -0.39 is 6.10 Å². The van der Waals surface area contributed by atoms with Crippen molar-refractivity contribution < 1.29 is 13.9 Å². The summed E-state index contributed by atoms with van der Waals surface area (Å²) in [6.07, 6.45) is 5.62. The average Bonchev–Trinajstić information content (AvgIpc) is 2.66. The first-order valence-electron chi connectivity index (χ1n) is 9.43. The summed E-state index contributed by atoms with van der Waals surface area (Å²) in [7, 11) is 0. The Morgan fingerprint density at radius 3 is 2.73 bits per heavy atom. The molecule has 1 aliphatic rings. The second-order valence-corrected chi connectivity index (χ2v) is 6.88. The van der Waals surface area contributed by atoms with Crippen LogP contribution in [-0.4, -0.2) is 18.6 Å². The standard InChI is InChI=1S/C22H26FNO2/c1-16(26-21-10-4-8-18-7-2-3-9-20(18)21)22(25)24-15-5-6-17-11-13-19(23)14-12-17/h4,8,10-14,16H,2-3,5-7,9,15H2,1H3,(H,24,25)/t16-/m0/s1. The molecule has 0 aromatic heterocycles. The van der Waals surface area contributed by atoms with E-state index in [1.807, 2.05) is 12.1 Å². The van der Waals surface area contributed by atoms with Crippen LogP contribution < -0.4 is 10.1 Å². The van der Waals surface area contributed by atoms with Gasteiger partial charge < -0.3 is 10.1 Å². The molecule has 138 valence electrons. The summed E-state index contributed by atoms with van der Waals surface area (Å²) in [5.41, 5.74) is 3.68. The van der Waals surface area contributed by atoms with E-state index in [0.717, 1.165) is 37.0 Å². The van der Waals surface area contributed by atoms with Gasteiger partial charge in [0.2, 0.25) is 0 Å². The van der Waals surface area contributed by atoms with Crippen molar-refractivity contribution in [2.75, 3.05) is 6.54 Å². The van der Waals surface area contributed by atoms with Gasteiger partial charge in [0.15, 0.2) is 6.10 Å². The molecule has 0 spiro atoms. The molecule has 0 fully saturated rings. The Morgan fingerprint density at radius 2 is 1.92 bits per heavy atom. The minimum Gasteiger partial charge on any atom is -0.481 e. The highest BCUT2D eigenvalue weighted by Gasteiger charge is 2.19. The second kappa shape index (κ2) is 8.84. The molecule has 0 heterocycles. The molecule has 1 N–H and O–H groups in total. The first kappa shape index (κ1) is 18.4. The van der Waals surface area contributed by atoms with E-state index >= 15 is 0 Å². The van der Waals surface area contributed by atoms with Crippen molar-refractivity contribution in [2.24, 2.45) is 0 Å². The SMILES string of the molecule is C[C@H](Oc1cccc2c1CCCC2)C(=O)NCCCc1ccc(F)cc1. The summed E-state index contributed by atoms with van der Waals surface area (Å²) in [6.45, 7) is 2.37. The molecule has 0 unspecified atom stereocenters. The van der Waals surface area contributed by atoms with Crippen LogP contribution in [-0.2, 0) is 24.1 Å². The summed E-state index contributed by atoms with van der Waals surface area (Å²) in [6, 6.07) is 12.6. The lowest BCUT2D eigenvalue weighted by molar-refractivity contribution is -0.127. The Morgan fingerprint density at radius 1 is 1.15 bits per heavy atom. The summed E-state index contributed by atoms with van der Waals surface area (Å²) in [5.74, 6) is 0.518. The number of halogens is 1. The van der Waals surface area contributed by atoms with Gasteiger partial charge in [0, 0.05) is 6.54 Å². The summed E-state index contributed by atoms with van der Waals surface area (Å²) in [5, 5.41) is 2.93. The number of rotatable bonds is 7. The number of carbonyl (C=O) groups excluding carboxylic acids is 1. The maximum absolute atomic E-state index is 12.9. The molecule has 0 saturated carbocycles. The fourth-order valence-corrected chi connectivity index (χ4v) is 3.40. The molecule has 1 aliphatic carbocycles. The number of carbonyl (C=O) groups is 1. The third-order valence-electron chi connectivity index (χ3n) is 4.88. The van der Waals surface area contributed by atoms with Gasteiger partial charge in [0.05, 0.1) is 0 Å². The van der Waals surface area contributed by atoms with Crippen LogP contribution >= 0.6 is 0 Å². The zero-order valence-electron chi connectivity index (χ0n) is 15.3. The van der Waals surface area contributed by atoms with Crippen molar-refractivity contribution in [3.8, 4) is 5.75 Å². The number of aryl methyl sites for hydroxylation is 2. The van der Waals surface area contributed by atoms with Crippen LogP contribution in [0.25, 0.3) is 0 Å². The number of benzene rings is 2. The largest absolute Gasteiger partial charge is 0.481 e. The van der Waals surface area contributed by atoms with Crippen molar-refractivity contribution in [1.82, 2.24) is 5.32 Å². The van der Waals surface area contributed by atoms with Gasteiger partial charge in [-0.1, -0.05) is 24.3 Å². The average molecular weight is 355 g/mol. The lowest BCUT2D eigenvalue weighted by Crippen LogP contribution is -2.37. The zero-order valence-corrected chi connectivity index (χ0v) is 15.3. The van der Waals surface area contributed by atoms with Crippen LogP contribution in [0, 0.1) is 5.82 Å². The van der Waals surface area contributed by atoms with Gasteiger partial charge in [-0.3, -0.25) is 4.79 Å². The van der Waals surface area contributed by atoms with Crippen molar-refractivity contribution in [2.45, 2.75) is 51.6 Å². The van der Waals surface area contributed by atoms with Crippen LogP contribution in [0.3, 0.4) is 0 Å². The Bertz CT molecular complexity index is 742. The first-order chi connectivity index (χ1) is 12.6. The number of ether oxygens (including phenoxy) is 1. The fraction of sp³-hybridized carbons (Fsp3) is 0.409. The summed E-state index contributed by atoms with van der Waals surface area (Å²) < 4.78 is 18.8. The van der Waals surface area contributed by atoms with Gasteiger partial charge in [-0.15, -0.1) is 0 Å². The number of hydrogen-bond donors (Lipinski definition) is 1. The quantitative estimate of drug-likeness (QED) is 0.755. The highest BCUT2D eigenvalue weighted by atomic mass is 19.1. The summed E-state index contributed by atoms with van der Waals surface area (Å²) in [4.78, 5) is 12.3. The van der Waals surface area contributed by atoms with Crippen molar-refractivity contribution >= 4 is 5.91 Å². The van der Waals surface area contributed by atoms with Crippen LogP contribution in [0.4, 0.5) is 4.39 Å². The molecule has 3 nitrogen and oxygen atoms in total. The molecule has 0 aliphatic heterocycles. The Hall–Kier alpha value is -2.36. The van der Waals surface area contributed by atoms with Gasteiger partial charge in [0.1, 0.15) is 11.6 Å². The highest BCUT2D eigenvalue weighted by molar-refractivity contribution is 5.80. The maximum Gasteiger partial charge on any atom is 0.260 e. The van der Waals surface area contributed by atoms with Gasteiger partial charge in [0.25, 0.3) is 5.91 Å². The highest BCUT2D eigenvalue weighted by Crippen LogP contribution is 2.30. The van der Waals surface area contributed by atoms with E-state index in [0.29, 0.717) is 6.54 Å². The molecule has 0 saturated heterocycles. The van der Waals surface area contributed by atoms with E-state index in [1.165, 1.54) is 36.1 Å². The van der Waals surface area contributed by atoms with Crippen LogP contribution in [0.2, 0.25) is 0 Å². The zero-order chi connectivity index (χ0) is 18.4. The Labute approximate surface area is 154 Å². The van der Waals surface area contributed by atoms with E-state index in [1.54, 1.807) is 19.1 Å². The third-order valence-corrected chi connectivity index (χ3v) is 4.88. The van der Waals surface area contributed by atoms with Crippen LogP contribution in [0.15, 0.2) is 42.5 Å². The monoisotopic (exact) mass is 355 g/mol. The molecule has 26 heavy (non-hydrogen) atoms. The third kappa shape index (κ3) is 4.84. The predicted molar refractivity (Wildman–Crippen MR) is 101 cm³/mol. The number of fused-ring (bicyclic) bond motifs is 1. The lowest BCUT2D eigenvalue weighted by atomic mass is 9.91. The van der Waals surface area contributed by atoms with Gasteiger partial charge >= 0.3 is 0 Å². The molecular weight excluding hydrogens is 329 g/mol. The second-order valence-electron chi connectivity index (χ2n) is 6.88. The van der Waals surface area contributed by atoms with E-state index in [-0.39, 0.29) is 11.7 Å². The Balaban J connectivity index is 1.45. The maximum atomic E-state index is 12.9. The number of amides is 1. The minimum absolute atomic E-state index is 0.0995. The van der Waals surface area contributed by atoms with Gasteiger partial charge in [-0.2, -0.15) is 0 Å². The molecule has 1 amide bonds. The molecule has 0 bridgehead atoms. The molecule has 2 aromatic rings. The van der Waals surface area contributed by atoms with E-state index in [4.69, 9.17) is 4.74 Å². The smallest absolute Gasteiger partial charge is 0.260 e. The van der Waals surface area contributed by atoms with Crippen molar-refractivity contribution in [1.29, 1.82) is 0 Å². The Kier molecular flexibility index (Phi) is 6.26. The minimum atomic E-state index is -0.519. The lowest BCUT2D eigenvalue weighted by Gasteiger charge is -2.22. The van der Waals surface area contributed by atoms with Crippen LogP contribution in [0.1, 0.15) is 42.9 Å². The molecule has 4 heteroatoms. The van der Waals surface area contributed by atoms with Crippen molar-refractivity contribution in [3.05, 3.63) is 65.0 Å². The fourth-order valence-electron chi connectivity index (χ4n) is 3.40. The van der Waals surface area contributed by atoms with Crippen molar-refractivity contribution in [3.63, 3.8) is 0 Å².